The summed E-state index contributed by atoms with van der Waals surface area (Å²) in [7, 11) is 0. The molecule has 2 heterocycles. The molecule has 1 N–H and O–H groups in total. The average molecular weight is 378 g/mol. The van der Waals surface area contributed by atoms with E-state index in [1.54, 1.807) is 31.2 Å². The van der Waals surface area contributed by atoms with Crippen molar-refractivity contribution in [3.05, 3.63) is 74.9 Å². The first-order valence-electron chi connectivity index (χ1n) is 7.34. The SMILES string of the molecule is Cc1sc(-c2ccc(F)c(Cl)c2)nc1C(=O)NCc1cccc[n+]1[O-]. The molecule has 8 heteroatoms. The van der Waals surface area contributed by atoms with Crippen molar-refractivity contribution in [1.82, 2.24) is 10.3 Å². The number of benzene rings is 1. The van der Waals surface area contributed by atoms with Crippen LogP contribution in [0.5, 0.6) is 0 Å². The van der Waals surface area contributed by atoms with E-state index < -0.39 is 5.82 Å². The van der Waals surface area contributed by atoms with Gasteiger partial charge in [-0.25, -0.2) is 9.37 Å². The number of hydrogen-bond acceptors (Lipinski definition) is 4. The van der Waals surface area contributed by atoms with E-state index in [-0.39, 0.29) is 23.2 Å². The highest BCUT2D eigenvalue weighted by molar-refractivity contribution is 7.15. The van der Waals surface area contributed by atoms with Crippen molar-refractivity contribution in [3.8, 4) is 10.6 Å². The molecule has 0 aliphatic heterocycles. The molecule has 0 aliphatic rings. The predicted octanol–water partition coefficient (Wildman–Crippen LogP) is 3.47. The zero-order valence-electron chi connectivity index (χ0n) is 13.1. The molecular weight excluding hydrogens is 365 g/mol. The Hall–Kier alpha value is -2.51. The van der Waals surface area contributed by atoms with Gasteiger partial charge >= 0.3 is 0 Å². The van der Waals surface area contributed by atoms with Crippen LogP contribution >= 0.6 is 22.9 Å². The van der Waals surface area contributed by atoms with Gasteiger partial charge in [0.2, 0.25) is 5.69 Å². The van der Waals surface area contributed by atoms with E-state index >= 15 is 0 Å². The number of halogens is 2. The molecule has 0 saturated carbocycles. The second kappa shape index (κ2) is 7.16. The van der Waals surface area contributed by atoms with Gasteiger partial charge in [0.1, 0.15) is 23.1 Å². The monoisotopic (exact) mass is 377 g/mol. The first-order valence-corrected chi connectivity index (χ1v) is 8.53. The summed E-state index contributed by atoms with van der Waals surface area (Å²) in [5.74, 6) is -0.887. The molecule has 25 heavy (non-hydrogen) atoms. The average Bonchev–Trinajstić information content (AvgIpc) is 2.98. The number of carbonyl (C=O) groups excluding carboxylic acids is 1. The van der Waals surface area contributed by atoms with Gasteiger partial charge in [-0.05, 0) is 31.2 Å². The third-order valence-corrected chi connectivity index (χ3v) is 4.82. The summed E-state index contributed by atoms with van der Waals surface area (Å²) < 4.78 is 14.0. The number of thiazole rings is 1. The molecule has 128 valence electrons. The van der Waals surface area contributed by atoms with Gasteiger partial charge in [-0.3, -0.25) is 4.79 Å². The molecule has 0 fully saturated rings. The van der Waals surface area contributed by atoms with Crippen molar-refractivity contribution in [2.75, 3.05) is 0 Å². The van der Waals surface area contributed by atoms with Gasteiger partial charge in [0, 0.05) is 22.6 Å². The van der Waals surface area contributed by atoms with Crippen molar-refractivity contribution in [2.45, 2.75) is 13.5 Å². The first kappa shape index (κ1) is 17.3. The molecule has 0 saturated heterocycles. The second-order valence-corrected chi connectivity index (χ2v) is 6.86. The number of nitrogens with zero attached hydrogens (tertiary/aromatic N) is 2. The van der Waals surface area contributed by atoms with Crippen LogP contribution < -0.4 is 10.0 Å². The van der Waals surface area contributed by atoms with E-state index in [9.17, 15) is 14.4 Å². The second-order valence-electron chi connectivity index (χ2n) is 5.25. The number of aryl methyl sites for hydroxylation is 1. The van der Waals surface area contributed by atoms with E-state index in [1.165, 1.54) is 29.7 Å². The Kier molecular flexibility index (Phi) is 4.96. The highest BCUT2D eigenvalue weighted by Crippen LogP contribution is 2.30. The molecule has 3 aromatic rings. The first-order chi connectivity index (χ1) is 12.0. The molecular formula is C17H13ClFN3O2S. The summed E-state index contributed by atoms with van der Waals surface area (Å²) in [6, 6.07) is 9.26. The summed E-state index contributed by atoms with van der Waals surface area (Å²) >= 11 is 7.11. The maximum absolute atomic E-state index is 13.3. The fourth-order valence-corrected chi connectivity index (χ4v) is 3.30. The number of hydrogen-bond donors (Lipinski definition) is 1. The van der Waals surface area contributed by atoms with E-state index in [1.807, 2.05) is 0 Å². The Balaban J connectivity index is 1.78. The van der Waals surface area contributed by atoms with Crippen molar-refractivity contribution in [3.63, 3.8) is 0 Å². The Morgan fingerprint density at radius 3 is 2.92 bits per heavy atom. The molecule has 0 atom stereocenters. The summed E-state index contributed by atoms with van der Waals surface area (Å²) in [6.07, 6.45) is 1.37. The zero-order valence-corrected chi connectivity index (χ0v) is 14.7. The molecule has 0 aliphatic carbocycles. The van der Waals surface area contributed by atoms with Crippen molar-refractivity contribution in [2.24, 2.45) is 0 Å². The number of aromatic nitrogens is 2. The predicted molar refractivity (Wildman–Crippen MR) is 93.8 cm³/mol. The van der Waals surface area contributed by atoms with Gasteiger partial charge in [-0.15, -0.1) is 11.3 Å². The Morgan fingerprint density at radius 1 is 1.40 bits per heavy atom. The van der Waals surface area contributed by atoms with Crippen molar-refractivity contribution >= 4 is 28.8 Å². The molecule has 0 spiro atoms. The van der Waals surface area contributed by atoms with Gasteiger partial charge in [-0.2, -0.15) is 4.73 Å². The minimum Gasteiger partial charge on any atom is -0.618 e. The maximum Gasteiger partial charge on any atom is 0.271 e. The van der Waals surface area contributed by atoms with Crippen LogP contribution in [0.15, 0.2) is 42.6 Å². The van der Waals surface area contributed by atoms with Crippen LogP contribution in [0.2, 0.25) is 5.02 Å². The smallest absolute Gasteiger partial charge is 0.271 e. The maximum atomic E-state index is 13.3. The van der Waals surface area contributed by atoms with Gasteiger partial charge in [0.25, 0.3) is 5.91 Å². The van der Waals surface area contributed by atoms with Gasteiger partial charge < -0.3 is 10.5 Å². The fourth-order valence-electron chi connectivity index (χ4n) is 2.21. The van der Waals surface area contributed by atoms with Crippen LogP contribution in [0, 0.1) is 17.9 Å². The lowest BCUT2D eigenvalue weighted by atomic mass is 10.2. The van der Waals surface area contributed by atoms with Crippen LogP contribution in [0.3, 0.4) is 0 Å². The molecule has 1 amide bonds. The summed E-state index contributed by atoms with van der Waals surface area (Å²) in [5, 5.41) is 14.8. The lowest BCUT2D eigenvalue weighted by Gasteiger charge is -2.05. The summed E-state index contributed by atoms with van der Waals surface area (Å²) in [5.41, 5.74) is 1.34. The molecule has 2 aromatic heterocycles. The minimum absolute atomic E-state index is 0.000400. The molecule has 5 nitrogen and oxygen atoms in total. The van der Waals surface area contributed by atoms with E-state index in [0.29, 0.717) is 21.0 Å². The van der Waals surface area contributed by atoms with E-state index in [4.69, 9.17) is 11.6 Å². The lowest BCUT2D eigenvalue weighted by Crippen LogP contribution is -2.35. The highest BCUT2D eigenvalue weighted by atomic mass is 35.5. The molecule has 0 bridgehead atoms. The van der Waals surface area contributed by atoms with E-state index in [2.05, 4.69) is 10.3 Å². The van der Waals surface area contributed by atoms with Crippen molar-refractivity contribution in [1.29, 1.82) is 0 Å². The third kappa shape index (κ3) is 3.78. The fraction of sp³-hybridized carbons (Fsp3) is 0.118. The van der Waals surface area contributed by atoms with Crippen LogP contribution in [0.4, 0.5) is 4.39 Å². The lowest BCUT2D eigenvalue weighted by molar-refractivity contribution is -0.614. The molecule has 0 radical (unpaired) electrons. The number of pyridine rings is 1. The van der Waals surface area contributed by atoms with Gasteiger partial charge in [0.15, 0.2) is 6.20 Å². The Labute approximate surface area is 152 Å². The third-order valence-electron chi connectivity index (χ3n) is 3.51. The summed E-state index contributed by atoms with van der Waals surface area (Å²) in [6.45, 7) is 1.87. The molecule has 1 aromatic carbocycles. The standard InChI is InChI=1S/C17H13ClFN3O2S/c1-10-15(16(23)20-9-12-4-2-3-7-22(12)24)21-17(25-10)11-5-6-14(19)13(18)8-11/h2-8H,9H2,1H3,(H,20,23). The summed E-state index contributed by atoms with van der Waals surface area (Å²) in [4.78, 5) is 17.4. The number of nitrogens with one attached hydrogen (secondary N) is 1. The van der Waals surface area contributed by atoms with Gasteiger partial charge in [0.05, 0.1) is 5.02 Å². The van der Waals surface area contributed by atoms with Crippen LogP contribution in [0.1, 0.15) is 21.1 Å². The zero-order chi connectivity index (χ0) is 18.0. The molecule has 0 unspecified atom stereocenters. The quantitative estimate of drug-likeness (QED) is 0.559. The van der Waals surface area contributed by atoms with Crippen LogP contribution in [-0.2, 0) is 6.54 Å². The largest absolute Gasteiger partial charge is 0.618 e. The minimum atomic E-state index is -0.509. The normalized spacial score (nSPS) is 10.7. The van der Waals surface area contributed by atoms with Crippen molar-refractivity contribution < 1.29 is 13.9 Å². The Morgan fingerprint density at radius 2 is 2.20 bits per heavy atom. The highest BCUT2D eigenvalue weighted by Gasteiger charge is 2.18. The number of carbonyl (C=O) groups is 1. The topological polar surface area (TPSA) is 68.9 Å². The molecule has 3 rings (SSSR count). The van der Waals surface area contributed by atoms with Crippen LogP contribution in [-0.4, -0.2) is 10.9 Å². The van der Waals surface area contributed by atoms with Crippen LogP contribution in [0.25, 0.3) is 10.6 Å². The Bertz CT molecular complexity index is 945. The van der Waals surface area contributed by atoms with E-state index in [0.717, 1.165) is 4.88 Å². The number of amides is 1. The van der Waals surface area contributed by atoms with Gasteiger partial charge in [-0.1, -0.05) is 11.6 Å². The number of rotatable bonds is 4.